The number of carbonyl (C=O) groups is 2. The van der Waals surface area contributed by atoms with Crippen LogP contribution in [0.3, 0.4) is 0 Å². The Balaban J connectivity index is 2.21. The van der Waals surface area contributed by atoms with E-state index in [1.807, 2.05) is 20.8 Å². The zero-order valence-corrected chi connectivity index (χ0v) is 12.6. The molecule has 1 aliphatic carbocycles. The van der Waals surface area contributed by atoms with Crippen LogP contribution >= 0.6 is 0 Å². The number of hydrogen-bond donors (Lipinski definition) is 1. The Hall–Kier alpha value is -1.13. The molecule has 114 valence electrons. The molecule has 0 radical (unpaired) electrons. The fourth-order valence-electron chi connectivity index (χ4n) is 3.08. The van der Waals surface area contributed by atoms with Gasteiger partial charge in [-0.2, -0.15) is 0 Å². The molecule has 0 aromatic heterocycles. The Bertz CT molecular complexity index is 395. The number of nitrogens with one attached hydrogen (secondary N) is 1. The number of hydrogen-bond acceptors (Lipinski definition) is 2. The maximum Gasteiger partial charge on any atom is 0.249 e. The summed E-state index contributed by atoms with van der Waals surface area (Å²) >= 11 is 0. The van der Waals surface area contributed by atoms with Crippen molar-refractivity contribution in [3.8, 4) is 0 Å². The van der Waals surface area contributed by atoms with Crippen molar-refractivity contribution in [1.82, 2.24) is 10.2 Å². The number of carbonyl (C=O) groups excluding carboxylic acids is 2. The van der Waals surface area contributed by atoms with Gasteiger partial charge in [-0.05, 0) is 44.4 Å². The molecular formula is C15H25FN2O2. The highest BCUT2D eigenvalue weighted by Gasteiger charge is 2.55. The zero-order chi connectivity index (χ0) is 14.9. The molecule has 2 rings (SSSR count). The fourth-order valence-corrected chi connectivity index (χ4v) is 3.08. The van der Waals surface area contributed by atoms with Crippen molar-refractivity contribution in [2.24, 2.45) is 11.8 Å². The lowest BCUT2D eigenvalue weighted by molar-refractivity contribution is -0.156. The predicted molar refractivity (Wildman–Crippen MR) is 74.8 cm³/mol. The van der Waals surface area contributed by atoms with Gasteiger partial charge in [0.05, 0.1) is 6.67 Å². The van der Waals surface area contributed by atoms with Crippen molar-refractivity contribution in [1.29, 1.82) is 0 Å². The van der Waals surface area contributed by atoms with Gasteiger partial charge in [0.15, 0.2) is 0 Å². The van der Waals surface area contributed by atoms with Crippen molar-refractivity contribution >= 4 is 11.8 Å². The van der Waals surface area contributed by atoms with Crippen molar-refractivity contribution in [3.63, 3.8) is 0 Å². The molecule has 0 aromatic carbocycles. The zero-order valence-electron chi connectivity index (χ0n) is 12.6. The van der Waals surface area contributed by atoms with E-state index in [0.29, 0.717) is 25.3 Å². The van der Waals surface area contributed by atoms with Crippen LogP contribution in [0, 0.1) is 11.8 Å². The van der Waals surface area contributed by atoms with E-state index < -0.39 is 18.3 Å². The second kappa shape index (κ2) is 5.70. The first-order valence-electron chi connectivity index (χ1n) is 7.59. The first-order chi connectivity index (χ1) is 9.40. The maximum atomic E-state index is 12.8. The number of alkyl halides is 1. The van der Waals surface area contributed by atoms with Gasteiger partial charge in [-0.3, -0.25) is 14.0 Å². The van der Waals surface area contributed by atoms with Crippen LogP contribution < -0.4 is 5.32 Å². The van der Waals surface area contributed by atoms with E-state index in [1.54, 1.807) is 4.90 Å². The summed E-state index contributed by atoms with van der Waals surface area (Å²) in [6, 6.07) is -0.444. The van der Waals surface area contributed by atoms with E-state index in [9.17, 15) is 14.0 Å². The predicted octanol–water partition coefficient (Wildman–Crippen LogP) is 1.89. The second-order valence-corrected chi connectivity index (χ2v) is 6.65. The number of amides is 2. The first kappa shape index (κ1) is 15.3. The van der Waals surface area contributed by atoms with Crippen molar-refractivity contribution in [2.75, 3.05) is 13.2 Å². The monoisotopic (exact) mass is 284 g/mol. The molecule has 2 atom stereocenters. The van der Waals surface area contributed by atoms with Gasteiger partial charge >= 0.3 is 0 Å². The molecule has 2 unspecified atom stereocenters. The quantitative estimate of drug-likeness (QED) is 0.809. The molecule has 2 amide bonds. The molecule has 2 fully saturated rings. The summed E-state index contributed by atoms with van der Waals surface area (Å²) in [6.07, 6.45) is 2.89. The van der Waals surface area contributed by atoms with Crippen LogP contribution in [-0.2, 0) is 9.59 Å². The molecule has 1 heterocycles. The minimum absolute atomic E-state index is 0.0290. The van der Waals surface area contributed by atoms with Crippen LogP contribution in [0.5, 0.6) is 0 Å². The Labute approximate surface area is 120 Å². The lowest BCUT2D eigenvalue weighted by Crippen LogP contribution is -2.70. The van der Waals surface area contributed by atoms with Gasteiger partial charge < -0.3 is 10.2 Å². The molecule has 0 spiro atoms. The summed E-state index contributed by atoms with van der Waals surface area (Å²) in [7, 11) is 0. The Morgan fingerprint density at radius 1 is 1.40 bits per heavy atom. The van der Waals surface area contributed by atoms with Crippen LogP contribution in [0.4, 0.5) is 4.39 Å². The lowest BCUT2D eigenvalue weighted by Gasteiger charge is -2.45. The first-order valence-corrected chi connectivity index (χ1v) is 7.59. The highest BCUT2D eigenvalue weighted by Crippen LogP contribution is 2.42. The topological polar surface area (TPSA) is 49.4 Å². The second-order valence-electron chi connectivity index (χ2n) is 6.65. The summed E-state index contributed by atoms with van der Waals surface area (Å²) in [5.41, 5.74) is -0.777. The maximum absolute atomic E-state index is 12.8. The number of rotatable bonds is 6. The average molecular weight is 284 g/mol. The van der Waals surface area contributed by atoms with E-state index in [2.05, 4.69) is 5.32 Å². The number of nitrogens with zero attached hydrogens (tertiary/aromatic N) is 1. The summed E-state index contributed by atoms with van der Waals surface area (Å²) in [5.74, 6) is 0.453. The minimum Gasteiger partial charge on any atom is -0.340 e. The van der Waals surface area contributed by atoms with Crippen LogP contribution in [0.2, 0.25) is 0 Å². The van der Waals surface area contributed by atoms with Gasteiger partial charge in [0.1, 0.15) is 11.6 Å². The number of halogens is 1. The van der Waals surface area contributed by atoms with Gasteiger partial charge in [0, 0.05) is 6.54 Å². The lowest BCUT2D eigenvalue weighted by atomic mass is 9.87. The molecule has 20 heavy (non-hydrogen) atoms. The standard InChI is InChI=1S/C15H25FN2O2/c1-10(2)9-12-13(19)17-15(3,11-5-6-11)14(20)18(12)8-4-7-16/h10-12H,4-9H2,1-3H3,(H,17,19). The van der Waals surface area contributed by atoms with Gasteiger partial charge in [-0.15, -0.1) is 0 Å². The highest BCUT2D eigenvalue weighted by atomic mass is 19.1. The van der Waals surface area contributed by atoms with Gasteiger partial charge in [-0.25, -0.2) is 0 Å². The molecule has 1 saturated heterocycles. The van der Waals surface area contributed by atoms with Crippen LogP contribution in [-0.4, -0.2) is 41.5 Å². The molecule has 1 N–H and O–H groups in total. The molecule has 5 heteroatoms. The SMILES string of the molecule is CC(C)CC1C(=O)NC(C)(C2CC2)C(=O)N1CCCF. The van der Waals surface area contributed by atoms with Crippen LogP contribution in [0.1, 0.15) is 46.5 Å². The number of piperazine rings is 1. The molecule has 1 saturated carbocycles. The normalized spacial score (nSPS) is 30.9. The smallest absolute Gasteiger partial charge is 0.249 e. The third-order valence-electron chi connectivity index (χ3n) is 4.39. The third kappa shape index (κ3) is 2.81. The Kier molecular flexibility index (Phi) is 4.35. The van der Waals surface area contributed by atoms with Gasteiger partial charge in [0.25, 0.3) is 0 Å². The molecule has 0 aromatic rings. The highest BCUT2D eigenvalue weighted by molar-refractivity contribution is 6.00. The van der Waals surface area contributed by atoms with Crippen LogP contribution in [0.25, 0.3) is 0 Å². The largest absolute Gasteiger partial charge is 0.340 e. The molecule has 4 nitrogen and oxygen atoms in total. The molecule has 2 aliphatic rings. The summed E-state index contributed by atoms with van der Waals surface area (Å²) in [5, 5.41) is 2.94. The van der Waals surface area contributed by atoms with E-state index in [0.717, 1.165) is 12.8 Å². The Morgan fingerprint density at radius 2 is 2.05 bits per heavy atom. The molecule has 1 aliphatic heterocycles. The molecular weight excluding hydrogens is 259 g/mol. The van der Waals surface area contributed by atoms with E-state index in [1.165, 1.54) is 0 Å². The summed E-state index contributed by atoms with van der Waals surface area (Å²) in [6.45, 7) is 5.75. The molecule has 0 bridgehead atoms. The van der Waals surface area contributed by atoms with Crippen molar-refractivity contribution in [2.45, 2.75) is 58.0 Å². The Morgan fingerprint density at radius 3 is 2.55 bits per heavy atom. The van der Waals surface area contributed by atoms with Gasteiger partial charge in [0.2, 0.25) is 11.8 Å². The van der Waals surface area contributed by atoms with Crippen molar-refractivity contribution < 1.29 is 14.0 Å². The van der Waals surface area contributed by atoms with E-state index in [4.69, 9.17) is 0 Å². The minimum atomic E-state index is -0.777. The third-order valence-corrected chi connectivity index (χ3v) is 4.39. The van der Waals surface area contributed by atoms with E-state index >= 15 is 0 Å². The van der Waals surface area contributed by atoms with Crippen molar-refractivity contribution in [3.05, 3.63) is 0 Å². The summed E-state index contributed by atoms with van der Waals surface area (Å²) in [4.78, 5) is 26.8. The van der Waals surface area contributed by atoms with E-state index in [-0.39, 0.29) is 17.7 Å². The average Bonchev–Trinajstić information content (AvgIpc) is 3.19. The van der Waals surface area contributed by atoms with Gasteiger partial charge in [-0.1, -0.05) is 13.8 Å². The van der Waals surface area contributed by atoms with Crippen LogP contribution in [0.15, 0.2) is 0 Å². The fraction of sp³-hybridized carbons (Fsp3) is 0.867. The summed E-state index contributed by atoms with van der Waals surface area (Å²) < 4.78 is 12.5.